The average Bonchev–Trinajstić information content (AvgIpc) is 3.25. The van der Waals surface area contributed by atoms with Gasteiger partial charge in [-0.2, -0.15) is 16.8 Å². The zero-order valence-corrected chi connectivity index (χ0v) is 24.9. The van der Waals surface area contributed by atoms with Gasteiger partial charge in [0.05, 0.1) is 16.8 Å². The van der Waals surface area contributed by atoms with Crippen LogP contribution in [0.4, 0.5) is 11.4 Å². The summed E-state index contributed by atoms with van der Waals surface area (Å²) in [6.45, 7) is 7.54. The smallest absolute Gasteiger partial charge is 0.286 e. The number of Topliss-reactive ketones (excluding diaryl/α,β-unsaturated/α-hetero) is 2. The number of fused-ring (bicyclic) bond motifs is 2. The molecule has 41 heavy (non-hydrogen) atoms. The number of hydrogen-bond acceptors (Lipinski definition) is 8. The van der Waals surface area contributed by atoms with Crippen LogP contribution < -0.4 is 10.0 Å². The molecule has 216 valence electrons. The Labute approximate surface area is 239 Å². The fraction of sp³-hybridized carbons (Fsp3) is 0.357. The quantitative estimate of drug-likeness (QED) is 0.389. The first kappa shape index (κ1) is 28.7. The lowest BCUT2D eigenvalue weighted by atomic mass is 9.63. The third-order valence-electron chi connectivity index (χ3n) is 7.71. The molecule has 0 spiro atoms. The molecular weight excluding hydrogens is 566 g/mol. The molecule has 1 aliphatic carbocycles. The fourth-order valence-electron chi connectivity index (χ4n) is 5.22. The lowest BCUT2D eigenvalue weighted by molar-refractivity contribution is -0.125. The summed E-state index contributed by atoms with van der Waals surface area (Å²) in [5.74, 6) is -1.84. The van der Waals surface area contributed by atoms with Crippen LogP contribution in [0.25, 0.3) is 0 Å². The summed E-state index contributed by atoms with van der Waals surface area (Å²) in [6, 6.07) is 10.8. The first-order valence-electron chi connectivity index (χ1n) is 13.1. The number of imidazole rings is 1. The van der Waals surface area contributed by atoms with Crippen LogP contribution in [-0.4, -0.2) is 43.8 Å². The molecule has 0 radical (unpaired) electrons. The van der Waals surface area contributed by atoms with Crippen molar-refractivity contribution in [2.24, 2.45) is 23.3 Å². The van der Waals surface area contributed by atoms with Crippen molar-refractivity contribution in [3.8, 4) is 0 Å². The summed E-state index contributed by atoms with van der Waals surface area (Å²) in [5, 5.41) is 2.67. The second-order valence-electron chi connectivity index (χ2n) is 11.1. The molecule has 0 saturated heterocycles. The lowest BCUT2D eigenvalue weighted by Gasteiger charge is -2.39. The zero-order valence-electron chi connectivity index (χ0n) is 23.3. The van der Waals surface area contributed by atoms with Crippen molar-refractivity contribution in [2.45, 2.75) is 55.9 Å². The number of rotatable bonds is 7. The predicted octanol–water partition coefficient (Wildman–Crippen LogP) is 3.82. The lowest BCUT2D eigenvalue weighted by Crippen LogP contribution is -2.51. The van der Waals surface area contributed by atoms with Gasteiger partial charge in [-0.3, -0.25) is 14.3 Å². The van der Waals surface area contributed by atoms with E-state index >= 15 is 0 Å². The minimum absolute atomic E-state index is 0.0175. The topological polar surface area (TPSA) is 157 Å². The van der Waals surface area contributed by atoms with Gasteiger partial charge in [-0.15, -0.1) is 4.40 Å². The minimum Gasteiger partial charge on any atom is -0.341 e. The third kappa shape index (κ3) is 4.97. The van der Waals surface area contributed by atoms with E-state index in [1.54, 1.807) is 49.7 Å². The number of nitrogens with zero attached hydrogens (tertiary/aromatic N) is 3. The van der Waals surface area contributed by atoms with E-state index in [2.05, 4.69) is 19.4 Å². The van der Waals surface area contributed by atoms with Gasteiger partial charge in [0.1, 0.15) is 22.5 Å². The van der Waals surface area contributed by atoms with E-state index in [1.165, 1.54) is 18.3 Å². The molecule has 13 heteroatoms. The van der Waals surface area contributed by atoms with Crippen LogP contribution in [0, 0.1) is 18.8 Å². The van der Waals surface area contributed by atoms with Crippen molar-refractivity contribution in [2.75, 3.05) is 10.0 Å². The van der Waals surface area contributed by atoms with Gasteiger partial charge >= 0.3 is 0 Å². The highest BCUT2D eigenvalue weighted by atomic mass is 32.2. The van der Waals surface area contributed by atoms with Gasteiger partial charge in [0.25, 0.3) is 20.0 Å². The number of hydrogen-bond donors (Lipinski definition) is 2. The van der Waals surface area contributed by atoms with Crippen LogP contribution in [0.1, 0.15) is 55.4 Å². The number of anilines is 2. The Bertz CT molecular complexity index is 1820. The molecule has 11 nitrogen and oxygen atoms in total. The normalized spacial score (nSPS) is 21.6. The Morgan fingerprint density at radius 2 is 1.85 bits per heavy atom. The molecule has 2 aliphatic rings. The summed E-state index contributed by atoms with van der Waals surface area (Å²) in [4.78, 5) is 31.4. The number of aryl methyl sites for hydroxylation is 2. The van der Waals surface area contributed by atoms with Gasteiger partial charge in [0, 0.05) is 18.8 Å². The molecule has 5 rings (SSSR count). The first-order valence-corrected chi connectivity index (χ1v) is 16.0. The molecule has 2 N–H and O–H groups in total. The van der Waals surface area contributed by atoms with E-state index < -0.39 is 42.9 Å². The van der Waals surface area contributed by atoms with Gasteiger partial charge < -0.3 is 9.88 Å². The maximum Gasteiger partial charge on any atom is 0.286 e. The van der Waals surface area contributed by atoms with Gasteiger partial charge in [-0.25, -0.2) is 4.98 Å². The van der Waals surface area contributed by atoms with Crippen LogP contribution >= 0.6 is 0 Å². The second kappa shape index (κ2) is 9.91. The van der Waals surface area contributed by atoms with Crippen LogP contribution in [0.15, 0.2) is 63.0 Å². The summed E-state index contributed by atoms with van der Waals surface area (Å²) < 4.78 is 60.1. The summed E-state index contributed by atoms with van der Waals surface area (Å²) in [6.07, 6.45) is 2.56. The molecule has 0 bridgehead atoms. The monoisotopic (exact) mass is 597 g/mol. The average molecular weight is 598 g/mol. The van der Waals surface area contributed by atoms with Crippen LogP contribution in [0.3, 0.4) is 0 Å². The Balaban J connectivity index is 1.51. The largest absolute Gasteiger partial charge is 0.341 e. The first-order chi connectivity index (χ1) is 19.1. The number of nitrogens with one attached hydrogen (secondary N) is 2. The summed E-state index contributed by atoms with van der Waals surface area (Å²) in [5.41, 5.74) is 0.0443. The highest BCUT2D eigenvalue weighted by Gasteiger charge is 2.51. The Morgan fingerprint density at radius 3 is 2.51 bits per heavy atom. The molecular formula is C28H31N5O6S2. The van der Waals surface area contributed by atoms with Gasteiger partial charge in [0.15, 0.2) is 16.6 Å². The van der Waals surface area contributed by atoms with Gasteiger partial charge in [-0.05, 0) is 56.4 Å². The summed E-state index contributed by atoms with van der Waals surface area (Å²) >= 11 is 0. The number of benzene rings is 2. The highest BCUT2D eigenvalue weighted by Crippen LogP contribution is 2.43. The van der Waals surface area contributed by atoms with Crippen molar-refractivity contribution >= 4 is 48.8 Å². The van der Waals surface area contributed by atoms with Crippen molar-refractivity contribution in [1.29, 1.82) is 0 Å². The van der Waals surface area contributed by atoms with Gasteiger partial charge in [-0.1, -0.05) is 38.1 Å². The molecule has 1 aliphatic heterocycles. The number of sulfonamides is 2. The maximum absolute atomic E-state index is 14.0. The summed E-state index contributed by atoms with van der Waals surface area (Å²) in [7, 11) is -6.85. The molecule has 2 atom stereocenters. The Morgan fingerprint density at radius 1 is 1.15 bits per heavy atom. The van der Waals surface area contributed by atoms with E-state index in [4.69, 9.17) is 0 Å². The number of aromatic nitrogens is 2. The van der Waals surface area contributed by atoms with Gasteiger partial charge in [0.2, 0.25) is 0 Å². The standard InChI is InChI=1S/C28H31N5O6S2/c1-16(2)12-13-28(4)20-9-7-6-8-19(20)25(34)24(26(28)35)27-30-21-11-10-18(14-22(21)40(36,37)32-27)31-41(38,39)23-15-33(5)17(3)29-23/h6-11,14-16,24,31H,12-13H2,1-5H3,(H,30,32). The Hall–Kier alpha value is -3.84. The van der Waals surface area contributed by atoms with Crippen molar-refractivity contribution < 1.29 is 26.4 Å². The molecule has 0 amide bonds. The van der Waals surface area contributed by atoms with Crippen LogP contribution in [-0.2, 0) is 37.3 Å². The van der Waals surface area contributed by atoms with E-state index in [0.717, 1.165) is 12.5 Å². The van der Waals surface area contributed by atoms with E-state index in [0.29, 0.717) is 29.3 Å². The fourth-order valence-corrected chi connectivity index (χ4v) is 7.49. The maximum atomic E-state index is 14.0. The number of carbonyl (C=O) groups excluding carboxylic acids is 2. The molecule has 2 unspecified atom stereocenters. The third-order valence-corrected chi connectivity index (χ3v) is 10.3. The highest BCUT2D eigenvalue weighted by molar-refractivity contribution is 7.92. The van der Waals surface area contributed by atoms with Crippen molar-refractivity contribution in [3.05, 3.63) is 65.6 Å². The van der Waals surface area contributed by atoms with Crippen LogP contribution in [0.2, 0.25) is 0 Å². The van der Waals surface area contributed by atoms with Crippen molar-refractivity contribution in [3.63, 3.8) is 0 Å². The van der Waals surface area contributed by atoms with E-state index in [1.807, 2.05) is 13.8 Å². The minimum atomic E-state index is -4.41. The molecule has 2 aromatic carbocycles. The molecule has 0 saturated carbocycles. The zero-order chi connectivity index (χ0) is 29.9. The number of ketones is 2. The molecule has 3 aromatic rings. The second-order valence-corrected chi connectivity index (χ2v) is 14.3. The van der Waals surface area contributed by atoms with E-state index in [9.17, 15) is 26.4 Å². The van der Waals surface area contributed by atoms with Crippen LogP contribution in [0.5, 0.6) is 0 Å². The number of amidine groups is 1. The molecule has 0 fully saturated rings. The number of carbonyl (C=O) groups is 2. The molecule has 2 heterocycles. The predicted molar refractivity (Wildman–Crippen MR) is 154 cm³/mol. The SMILES string of the molecule is Cc1nc(S(=O)(=O)Nc2ccc3c(c2)S(=O)(=O)N=C(C2C(=O)c4ccccc4C(C)(CCC(C)C)C2=O)N3)cn1C. The van der Waals surface area contributed by atoms with Crippen molar-refractivity contribution in [1.82, 2.24) is 9.55 Å². The van der Waals surface area contributed by atoms with E-state index in [-0.39, 0.29) is 27.1 Å². The Kier molecular flexibility index (Phi) is 6.93. The molecule has 1 aromatic heterocycles.